The summed E-state index contributed by atoms with van der Waals surface area (Å²) in [5.74, 6) is 1.52. The summed E-state index contributed by atoms with van der Waals surface area (Å²) in [6.07, 6.45) is 8.28. The molecule has 0 amide bonds. The molecule has 0 aromatic heterocycles. The zero-order chi connectivity index (χ0) is 20.1. The third kappa shape index (κ3) is 5.01. The van der Waals surface area contributed by atoms with E-state index in [1.807, 2.05) is 0 Å². The second-order valence-electron chi connectivity index (χ2n) is 8.61. The van der Waals surface area contributed by atoms with Gasteiger partial charge in [0.05, 0.1) is 6.10 Å². The van der Waals surface area contributed by atoms with Crippen molar-refractivity contribution in [3.05, 3.63) is 47.5 Å². The third-order valence-corrected chi connectivity index (χ3v) is 6.49. The zero-order valence-electron chi connectivity index (χ0n) is 18.0. The Balaban J connectivity index is 1.41. The van der Waals surface area contributed by atoms with E-state index < -0.39 is 0 Å². The fourth-order valence-electron chi connectivity index (χ4n) is 4.81. The molecule has 2 fully saturated rings. The highest BCUT2D eigenvalue weighted by molar-refractivity contribution is 5.80. The fraction of sp³-hybridized carbons (Fsp3) is 0.625. The van der Waals surface area contributed by atoms with Gasteiger partial charge in [-0.15, -0.1) is 0 Å². The second kappa shape index (κ2) is 9.77. The molecule has 3 aliphatic rings. The van der Waals surface area contributed by atoms with Gasteiger partial charge in [-0.1, -0.05) is 42.0 Å². The number of hydrogen-bond donors (Lipinski definition) is 1. The predicted molar refractivity (Wildman–Crippen MR) is 119 cm³/mol. The monoisotopic (exact) mass is 396 g/mol. The number of benzene rings is 1. The zero-order valence-corrected chi connectivity index (χ0v) is 18.0. The Morgan fingerprint density at radius 2 is 1.97 bits per heavy atom. The first-order valence-corrected chi connectivity index (χ1v) is 11.3. The highest BCUT2D eigenvalue weighted by Crippen LogP contribution is 2.34. The molecular weight excluding hydrogens is 360 g/mol. The quantitative estimate of drug-likeness (QED) is 0.471. The van der Waals surface area contributed by atoms with Crippen LogP contribution in [0.3, 0.4) is 0 Å². The average molecular weight is 397 g/mol. The minimum Gasteiger partial charge on any atom is -0.373 e. The minimum absolute atomic E-state index is 0.165. The maximum atomic E-state index is 6.20. The number of guanidine groups is 1. The van der Waals surface area contributed by atoms with Gasteiger partial charge in [0.1, 0.15) is 0 Å². The van der Waals surface area contributed by atoms with Crippen LogP contribution in [0.1, 0.15) is 43.4 Å². The van der Waals surface area contributed by atoms with Gasteiger partial charge in [0.15, 0.2) is 5.96 Å². The van der Waals surface area contributed by atoms with Crippen LogP contribution in [-0.4, -0.2) is 67.7 Å². The van der Waals surface area contributed by atoms with E-state index in [0.29, 0.717) is 12.0 Å². The maximum absolute atomic E-state index is 6.20. The molecule has 5 nitrogen and oxygen atoms in total. The van der Waals surface area contributed by atoms with E-state index in [0.717, 1.165) is 58.3 Å². The molecule has 1 N–H and O–H groups in total. The van der Waals surface area contributed by atoms with Gasteiger partial charge in [-0.2, -0.15) is 0 Å². The lowest BCUT2D eigenvalue weighted by Gasteiger charge is -2.32. The maximum Gasteiger partial charge on any atom is 0.193 e. The summed E-state index contributed by atoms with van der Waals surface area (Å²) in [7, 11) is 0. The van der Waals surface area contributed by atoms with Gasteiger partial charge in [0.25, 0.3) is 0 Å². The van der Waals surface area contributed by atoms with Gasteiger partial charge >= 0.3 is 0 Å². The Morgan fingerprint density at radius 1 is 1.17 bits per heavy atom. The van der Waals surface area contributed by atoms with Crippen molar-refractivity contribution in [2.24, 2.45) is 10.9 Å². The third-order valence-electron chi connectivity index (χ3n) is 6.49. The summed E-state index contributed by atoms with van der Waals surface area (Å²) >= 11 is 0. The van der Waals surface area contributed by atoms with E-state index in [4.69, 9.17) is 9.73 Å². The summed E-state index contributed by atoms with van der Waals surface area (Å²) in [4.78, 5) is 10.1. The molecule has 0 radical (unpaired) electrons. The summed E-state index contributed by atoms with van der Waals surface area (Å²) in [5.41, 5.74) is 2.59. The van der Waals surface area contributed by atoms with Gasteiger partial charge in [0.2, 0.25) is 0 Å². The first-order chi connectivity index (χ1) is 14.2. The van der Waals surface area contributed by atoms with Gasteiger partial charge in [-0.05, 0) is 38.7 Å². The molecule has 0 bridgehead atoms. The van der Waals surface area contributed by atoms with Crippen LogP contribution in [0.5, 0.6) is 0 Å². The Morgan fingerprint density at radius 3 is 2.72 bits per heavy atom. The largest absolute Gasteiger partial charge is 0.373 e. The highest BCUT2D eigenvalue weighted by Gasteiger charge is 2.31. The average Bonchev–Trinajstić information content (AvgIpc) is 3.44. The van der Waals surface area contributed by atoms with Gasteiger partial charge in [-0.3, -0.25) is 9.89 Å². The van der Waals surface area contributed by atoms with Crippen molar-refractivity contribution in [3.63, 3.8) is 0 Å². The lowest BCUT2D eigenvalue weighted by Crippen LogP contribution is -2.43. The fourth-order valence-corrected chi connectivity index (χ4v) is 4.81. The lowest BCUT2D eigenvalue weighted by atomic mass is 9.89. The molecule has 0 aliphatic carbocycles. The molecule has 0 spiro atoms. The van der Waals surface area contributed by atoms with E-state index in [1.165, 1.54) is 24.0 Å². The number of aliphatic imine (C=N–C) groups is 1. The first kappa shape index (κ1) is 20.4. The molecule has 29 heavy (non-hydrogen) atoms. The number of rotatable bonds is 5. The van der Waals surface area contributed by atoms with E-state index >= 15 is 0 Å². The van der Waals surface area contributed by atoms with Gasteiger partial charge in [0, 0.05) is 57.8 Å². The summed E-state index contributed by atoms with van der Waals surface area (Å²) in [6.45, 7) is 11.3. The molecule has 4 rings (SSSR count). The molecule has 1 aromatic rings. The SMILES string of the molecule is CCNC(=NCC1CCCOC1c1ccc(C)cc1)N1CCC(N2CC=CC2)C1. The molecule has 2 saturated heterocycles. The predicted octanol–water partition coefficient (Wildman–Crippen LogP) is 3.37. The molecule has 3 aliphatic heterocycles. The smallest absolute Gasteiger partial charge is 0.193 e. The Bertz CT molecular complexity index is 706. The number of ether oxygens (including phenoxy) is 1. The van der Waals surface area contributed by atoms with Crippen molar-refractivity contribution in [1.82, 2.24) is 15.1 Å². The number of likely N-dealkylation sites (tertiary alicyclic amines) is 1. The van der Waals surface area contributed by atoms with Crippen LogP contribution in [0.4, 0.5) is 0 Å². The van der Waals surface area contributed by atoms with Crippen LogP contribution >= 0.6 is 0 Å². The molecule has 0 saturated carbocycles. The van der Waals surface area contributed by atoms with Crippen molar-refractivity contribution in [1.29, 1.82) is 0 Å². The van der Waals surface area contributed by atoms with E-state index in [-0.39, 0.29) is 6.10 Å². The van der Waals surface area contributed by atoms with Gasteiger partial charge in [-0.25, -0.2) is 0 Å². The van der Waals surface area contributed by atoms with Crippen LogP contribution < -0.4 is 5.32 Å². The van der Waals surface area contributed by atoms with E-state index in [2.05, 4.69) is 65.4 Å². The van der Waals surface area contributed by atoms with Crippen molar-refractivity contribution < 1.29 is 4.74 Å². The number of nitrogens with one attached hydrogen (secondary N) is 1. The molecule has 3 heterocycles. The minimum atomic E-state index is 0.165. The van der Waals surface area contributed by atoms with E-state index in [9.17, 15) is 0 Å². The first-order valence-electron chi connectivity index (χ1n) is 11.3. The topological polar surface area (TPSA) is 40.1 Å². The Kier molecular flexibility index (Phi) is 6.88. The Hall–Kier alpha value is -1.85. The van der Waals surface area contributed by atoms with Crippen LogP contribution in [0.25, 0.3) is 0 Å². The molecule has 158 valence electrons. The van der Waals surface area contributed by atoms with Crippen molar-refractivity contribution in [2.45, 2.75) is 45.3 Å². The molecule has 3 unspecified atom stereocenters. The summed E-state index contributed by atoms with van der Waals surface area (Å²) in [5, 5.41) is 3.54. The van der Waals surface area contributed by atoms with Crippen molar-refractivity contribution >= 4 is 5.96 Å². The molecular formula is C24H36N4O. The number of aryl methyl sites for hydroxylation is 1. The van der Waals surface area contributed by atoms with Crippen LogP contribution in [0, 0.1) is 12.8 Å². The van der Waals surface area contributed by atoms with Crippen LogP contribution in [-0.2, 0) is 4.74 Å². The van der Waals surface area contributed by atoms with Crippen molar-refractivity contribution in [2.75, 3.05) is 45.9 Å². The van der Waals surface area contributed by atoms with E-state index in [1.54, 1.807) is 0 Å². The molecule has 3 atom stereocenters. The lowest BCUT2D eigenvalue weighted by molar-refractivity contribution is -0.0250. The molecule has 5 heteroatoms. The van der Waals surface area contributed by atoms with Crippen LogP contribution in [0.15, 0.2) is 41.4 Å². The highest BCUT2D eigenvalue weighted by atomic mass is 16.5. The summed E-state index contributed by atoms with van der Waals surface area (Å²) in [6, 6.07) is 9.47. The molecule has 1 aromatic carbocycles. The summed E-state index contributed by atoms with van der Waals surface area (Å²) < 4.78 is 6.20. The Labute approximate surface area is 175 Å². The van der Waals surface area contributed by atoms with Crippen molar-refractivity contribution in [3.8, 4) is 0 Å². The standard InChI is InChI=1S/C24H36N4O/c1-3-25-24(28-15-12-22(18-28)27-13-4-5-14-27)26-17-21-7-6-16-29-23(21)20-10-8-19(2)9-11-20/h4-5,8-11,21-23H,3,6-7,12-18H2,1-2H3,(H,25,26). The normalized spacial score (nSPS) is 28.3. The van der Waals surface area contributed by atoms with Crippen LogP contribution in [0.2, 0.25) is 0 Å². The second-order valence-corrected chi connectivity index (χ2v) is 8.61. The number of hydrogen-bond acceptors (Lipinski definition) is 3. The number of nitrogens with zero attached hydrogens (tertiary/aromatic N) is 3. The van der Waals surface area contributed by atoms with Gasteiger partial charge < -0.3 is 15.0 Å².